The van der Waals surface area contributed by atoms with Gasteiger partial charge < -0.3 is 4.90 Å². The Bertz CT molecular complexity index is 2580. The fraction of sp³-hybridized carbons (Fsp3) is 0.296. The Morgan fingerprint density at radius 2 is 1.22 bits per heavy atom. The monoisotopic (exact) mass is 713 g/mol. The van der Waals surface area contributed by atoms with E-state index in [1.54, 1.807) is 5.56 Å². The van der Waals surface area contributed by atoms with Gasteiger partial charge in [-0.2, -0.15) is 0 Å². The van der Waals surface area contributed by atoms with E-state index in [1.807, 2.05) is 0 Å². The maximum atomic E-state index is 2.69. The summed E-state index contributed by atoms with van der Waals surface area (Å²) in [4.78, 5) is 2.69. The lowest BCUT2D eigenvalue weighted by molar-refractivity contribution is 0.420. The zero-order chi connectivity index (χ0) is 36.7. The molecule has 0 heterocycles. The summed E-state index contributed by atoms with van der Waals surface area (Å²) in [5.74, 6) is 3.05. The minimum atomic E-state index is -0.120. The van der Waals surface area contributed by atoms with Gasteiger partial charge in [-0.1, -0.05) is 143 Å². The predicted molar refractivity (Wildman–Crippen MR) is 233 cm³/mol. The van der Waals surface area contributed by atoms with Crippen LogP contribution in [0.5, 0.6) is 0 Å². The Labute approximate surface area is 327 Å². The number of rotatable bonds is 6. The summed E-state index contributed by atoms with van der Waals surface area (Å²) in [6.07, 6.45) is 12.1. The molecule has 7 aromatic rings. The van der Waals surface area contributed by atoms with Crippen molar-refractivity contribution in [2.24, 2.45) is 11.8 Å². The van der Waals surface area contributed by atoms with Gasteiger partial charge in [0.2, 0.25) is 0 Å². The summed E-state index contributed by atoms with van der Waals surface area (Å²) in [6, 6.07) is 54.2. The van der Waals surface area contributed by atoms with Crippen molar-refractivity contribution in [1.82, 2.24) is 0 Å². The molecule has 3 unspecified atom stereocenters. The summed E-state index contributed by atoms with van der Waals surface area (Å²) in [7, 11) is 0. The summed E-state index contributed by atoms with van der Waals surface area (Å²) < 4.78 is 0. The second-order valence-corrected chi connectivity index (χ2v) is 17.9. The molecule has 1 heteroatoms. The van der Waals surface area contributed by atoms with Crippen molar-refractivity contribution in [3.8, 4) is 22.3 Å². The molecular weight excluding hydrogens is 663 g/mol. The molecule has 0 spiro atoms. The van der Waals surface area contributed by atoms with Crippen LogP contribution in [-0.4, -0.2) is 0 Å². The average Bonchev–Trinajstić information content (AvgIpc) is 3.94. The lowest BCUT2D eigenvalue weighted by Crippen LogP contribution is -2.19. The van der Waals surface area contributed by atoms with Crippen molar-refractivity contribution in [3.05, 3.63) is 162 Å². The van der Waals surface area contributed by atoms with Crippen molar-refractivity contribution in [3.63, 3.8) is 0 Å². The Morgan fingerprint density at radius 3 is 2.00 bits per heavy atom. The summed E-state index contributed by atoms with van der Waals surface area (Å²) in [5.41, 5.74) is 14.9. The molecule has 11 rings (SSSR count). The average molecular weight is 714 g/mol. The van der Waals surface area contributed by atoms with Gasteiger partial charge in [0.1, 0.15) is 0 Å². The molecule has 3 atom stereocenters. The van der Waals surface area contributed by atoms with Crippen molar-refractivity contribution >= 4 is 38.6 Å². The third-order valence-corrected chi connectivity index (χ3v) is 14.5. The van der Waals surface area contributed by atoms with Crippen LogP contribution in [-0.2, 0) is 5.41 Å². The van der Waals surface area contributed by atoms with Crippen LogP contribution in [0.3, 0.4) is 0 Å². The van der Waals surface area contributed by atoms with E-state index in [1.165, 1.54) is 135 Å². The smallest absolute Gasteiger partial charge is 0.0543 e. The van der Waals surface area contributed by atoms with Crippen LogP contribution in [0.4, 0.5) is 17.1 Å². The molecule has 3 saturated carbocycles. The molecule has 0 amide bonds. The highest BCUT2D eigenvalue weighted by molar-refractivity contribution is 6.04. The Morgan fingerprint density at radius 1 is 0.509 bits per heavy atom. The lowest BCUT2D eigenvalue weighted by Gasteiger charge is -2.35. The number of hydrogen-bond donors (Lipinski definition) is 0. The van der Waals surface area contributed by atoms with Crippen molar-refractivity contribution < 1.29 is 0 Å². The molecule has 55 heavy (non-hydrogen) atoms. The quantitative estimate of drug-likeness (QED) is 0.166. The van der Waals surface area contributed by atoms with Crippen molar-refractivity contribution in [1.29, 1.82) is 0 Å². The van der Waals surface area contributed by atoms with E-state index >= 15 is 0 Å². The Balaban J connectivity index is 1.20. The molecule has 1 nitrogen and oxygen atoms in total. The topological polar surface area (TPSA) is 3.24 Å². The number of anilines is 3. The third kappa shape index (κ3) is 5.41. The maximum Gasteiger partial charge on any atom is 0.0543 e. The van der Waals surface area contributed by atoms with E-state index in [9.17, 15) is 0 Å². The molecule has 0 N–H and O–H groups in total. The van der Waals surface area contributed by atoms with Gasteiger partial charge in [-0.15, -0.1) is 0 Å². The van der Waals surface area contributed by atoms with E-state index in [4.69, 9.17) is 0 Å². The van der Waals surface area contributed by atoms with Gasteiger partial charge in [-0.05, 0) is 153 Å². The largest absolute Gasteiger partial charge is 0.310 e. The number of hydrogen-bond acceptors (Lipinski definition) is 1. The van der Waals surface area contributed by atoms with Crippen LogP contribution >= 0.6 is 0 Å². The van der Waals surface area contributed by atoms with E-state index in [0.29, 0.717) is 11.8 Å². The van der Waals surface area contributed by atoms with Gasteiger partial charge in [-0.3, -0.25) is 0 Å². The first-order valence-electron chi connectivity index (χ1n) is 21.2. The van der Waals surface area contributed by atoms with Gasteiger partial charge >= 0.3 is 0 Å². The highest BCUT2D eigenvalue weighted by Crippen LogP contribution is 2.56. The third-order valence-electron chi connectivity index (χ3n) is 14.5. The molecule has 7 aromatic carbocycles. The fourth-order valence-electron chi connectivity index (χ4n) is 11.7. The molecule has 0 aliphatic heterocycles. The van der Waals surface area contributed by atoms with E-state index in [-0.39, 0.29) is 5.41 Å². The highest BCUT2D eigenvalue weighted by Gasteiger charge is 2.41. The molecule has 3 fully saturated rings. The minimum Gasteiger partial charge on any atom is -0.310 e. The number of nitrogens with zero attached hydrogens (tertiary/aromatic N) is 1. The SMILES string of the molecule is CC1(C)c2ccccc2-c2cc(-c3cccc4ccccc34)c(N(c3ccc(C4CC5CCC4C5)cc3)c3cc4ccccc4cc3C3CCCCC3)cc21. The standard InChI is InChI=1S/C54H51N/c1-54(2)50-22-11-10-20-45(50)48-33-49(44-21-12-18-36-15-8-9-19-43(36)44)53(34-51(48)54)55(42-27-25-38(26-28-42)46-30-35-23-24-41(46)29-35)52-32-40-17-7-6-16-39(40)31-47(52)37-13-4-3-5-14-37/h6-12,15-22,25-28,31-35,37,41,46H,3-5,13-14,23-24,29-30H2,1-2H3. The maximum absolute atomic E-state index is 2.69. The Hall–Kier alpha value is -5.14. The van der Waals surface area contributed by atoms with E-state index in [2.05, 4.69) is 158 Å². The first-order valence-corrected chi connectivity index (χ1v) is 21.2. The Kier molecular flexibility index (Phi) is 7.84. The predicted octanol–water partition coefficient (Wildman–Crippen LogP) is 15.4. The lowest BCUT2D eigenvalue weighted by atomic mass is 9.80. The van der Waals surface area contributed by atoms with E-state index < -0.39 is 0 Å². The van der Waals surface area contributed by atoms with Crippen LogP contribution in [0, 0.1) is 11.8 Å². The first kappa shape index (κ1) is 33.2. The van der Waals surface area contributed by atoms with Crippen molar-refractivity contribution in [2.75, 3.05) is 4.90 Å². The van der Waals surface area contributed by atoms with Crippen molar-refractivity contribution in [2.45, 2.75) is 88.9 Å². The molecule has 0 radical (unpaired) electrons. The normalized spacial score (nSPS) is 21.2. The van der Waals surface area contributed by atoms with E-state index in [0.717, 1.165) is 11.8 Å². The van der Waals surface area contributed by atoms with Gasteiger partial charge in [0.15, 0.2) is 0 Å². The molecule has 4 aliphatic carbocycles. The molecule has 272 valence electrons. The van der Waals surface area contributed by atoms with Crippen LogP contribution in [0.25, 0.3) is 43.8 Å². The van der Waals surface area contributed by atoms with Gasteiger partial charge in [0, 0.05) is 16.7 Å². The van der Waals surface area contributed by atoms with Gasteiger partial charge in [0.05, 0.1) is 11.4 Å². The zero-order valence-corrected chi connectivity index (χ0v) is 32.4. The van der Waals surface area contributed by atoms with Crippen LogP contribution in [0.1, 0.15) is 106 Å². The molecule has 0 saturated heterocycles. The number of fused-ring (bicyclic) bond motifs is 7. The fourth-order valence-corrected chi connectivity index (χ4v) is 11.7. The summed E-state index contributed by atoms with van der Waals surface area (Å²) >= 11 is 0. The molecule has 0 aromatic heterocycles. The van der Waals surface area contributed by atoms with Crippen LogP contribution < -0.4 is 4.90 Å². The summed E-state index contributed by atoms with van der Waals surface area (Å²) in [5, 5.41) is 5.23. The highest BCUT2D eigenvalue weighted by atomic mass is 15.1. The van der Waals surface area contributed by atoms with Crippen LogP contribution in [0.15, 0.2) is 140 Å². The van der Waals surface area contributed by atoms with Crippen LogP contribution in [0.2, 0.25) is 0 Å². The molecule has 2 bridgehead atoms. The molecule has 4 aliphatic rings. The zero-order valence-electron chi connectivity index (χ0n) is 32.4. The summed E-state index contributed by atoms with van der Waals surface area (Å²) in [6.45, 7) is 4.86. The first-order chi connectivity index (χ1) is 27.0. The van der Waals surface area contributed by atoms with Gasteiger partial charge in [0.25, 0.3) is 0 Å². The molecular formula is C54H51N. The second-order valence-electron chi connectivity index (χ2n) is 17.9. The number of benzene rings is 7. The van der Waals surface area contributed by atoms with Gasteiger partial charge in [-0.25, -0.2) is 0 Å². The second kappa shape index (κ2) is 13.0. The minimum absolute atomic E-state index is 0.120.